The summed E-state index contributed by atoms with van der Waals surface area (Å²) in [6, 6.07) is 1.89. The van der Waals surface area contributed by atoms with Gasteiger partial charge in [0.1, 0.15) is 5.82 Å². The predicted octanol–water partition coefficient (Wildman–Crippen LogP) is 2.44. The number of aliphatic imine (C=N–C) groups is 1. The number of hydrogen-bond donors (Lipinski definition) is 2. The molecule has 22 heavy (non-hydrogen) atoms. The fraction of sp³-hybridized carbons (Fsp3) is 0.571. The van der Waals surface area contributed by atoms with Crippen LogP contribution >= 0.6 is 0 Å². The first-order valence-electron chi connectivity index (χ1n) is 7.38. The number of anilines is 1. The van der Waals surface area contributed by atoms with Gasteiger partial charge in [0.2, 0.25) is 0 Å². The van der Waals surface area contributed by atoms with Gasteiger partial charge >= 0.3 is 6.61 Å². The molecule has 2 aliphatic rings. The van der Waals surface area contributed by atoms with Gasteiger partial charge in [-0.25, -0.2) is 4.99 Å². The van der Waals surface area contributed by atoms with Crippen LogP contribution in [0.4, 0.5) is 14.6 Å². The molecule has 2 aliphatic heterocycles. The SMILES string of the molecule is Nc1cc(C2CCN(C3=CN=C(OC(F)F)CC3)CC2)[nH]n1. The van der Waals surface area contributed by atoms with Crippen molar-refractivity contribution in [3.63, 3.8) is 0 Å². The molecule has 0 saturated carbocycles. The molecule has 3 N–H and O–H groups in total. The zero-order valence-electron chi connectivity index (χ0n) is 12.1. The molecule has 0 radical (unpaired) electrons. The molecule has 0 unspecified atom stereocenters. The van der Waals surface area contributed by atoms with Crippen molar-refractivity contribution < 1.29 is 13.5 Å². The van der Waals surface area contributed by atoms with Crippen LogP contribution in [0.5, 0.6) is 0 Å². The summed E-state index contributed by atoms with van der Waals surface area (Å²) in [5.41, 5.74) is 7.81. The third-order valence-electron chi connectivity index (χ3n) is 4.14. The number of nitrogens with two attached hydrogens (primary N) is 1. The van der Waals surface area contributed by atoms with Crippen molar-refractivity contribution in [3.8, 4) is 0 Å². The van der Waals surface area contributed by atoms with Crippen molar-refractivity contribution in [1.82, 2.24) is 15.1 Å². The highest BCUT2D eigenvalue weighted by molar-refractivity contribution is 5.78. The summed E-state index contributed by atoms with van der Waals surface area (Å²) >= 11 is 0. The maximum Gasteiger partial charge on any atom is 0.388 e. The number of ether oxygens (including phenoxy) is 1. The molecule has 6 nitrogen and oxygen atoms in total. The lowest BCUT2D eigenvalue weighted by atomic mass is 9.93. The van der Waals surface area contributed by atoms with E-state index in [2.05, 4.69) is 24.8 Å². The van der Waals surface area contributed by atoms with Crippen LogP contribution in [0.15, 0.2) is 23.0 Å². The average molecular weight is 311 g/mol. The normalized spacial score (nSPS) is 20.0. The first kappa shape index (κ1) is 14.8. The zero-order chi connectivity index (χ0) is 15.5. The number of likely N-dealkylation sites (tertiary alicyclic amines) is 1. The number of alkyl halides is 2. The van der Waals surface area contributed by atoms with Gasteiger partial charge in [-0.05, 0) is 19.3 Å². The van der Waals surface area contributed by atoms with Gasteiger partial charge in [-0.1, -0.05) is 0 Å². The highest BCUT2D eigenvalue weighted by Crippen LogP contribution is 2.30. The van der Waals surface area contributed by atoms with Crippen LogP contribution in [0.1, 0.15) is 37.3 Å². The third-order valence-corrected chi connectivity index (χ3v) is 4.14. The zero-order valence-corrected chi connectivity index (χ0v) is 12.1. The summed E-state index contributed by atoms with van der Waals surface area (Å²) in [5.74, 6) is 1.07. The molecule has 1 aromatic rings. The Bertz CT molecular complexity index is 576. The van der Waals surface area contributed by atoms with Crippen LogP contribution < -0.4 is 5.73 Å². The topological polar surface area (TPSA) is 79.5 Å². The van der Waals surface area contributed by atoms with E-state index in [4.69, 9.17) is 5.73 Å². The van der Waals surface area contributed by atoms with Crippen LogP contribution in [0.2, 0.25) is 0 Å². The fourth-order valence-corrected chi connectivity index (χ4v) is 2.98. The van der Waals surface area contributed by atoms with Crippen LogP contribution in [0.25, 0.3) is 0 Å². The van der Waals surface area contributed by atoms with Crippen LogP contribution in [0, 0.1) is 0 Å². The van der Waals surface area contributed by atoms with E-state index < -0.39 is 6.61 Å². The monoisotopic (exact) mass is 311 g/mol. The largest absolute Gasteiger partial charge is 0.421 e. The molecule has 0 atom stereocenters. The number of aromatic nitrogens is 2. The third kappa shape index (κ3) is 3.37. The van der Waals surface area contributed by atoms with Gasteiger partial charge in [0.05, 0.1) is 0 Å². The number of nitrogens with one attached hydrogen (secondary N) is 1. The number of allylic oxidation sites excluding steroid dienone is 1. The Morgan fingerprint density at radius 3 is 2.64 bits per heavy atom. The van der Waals surface area contributed by atoms with Gasteiger partial charge in [0, 0.05) is 49.1 Å². The molecular formula is C14H19F2N5O. The molecule has 0 aliphatic carbocycles. The summed E-state index contributed by atoms with van der Waals surface area (Å²) in [7, 11) is 0. The van der Waals surface area contributed by atoms with Gasteiger partial charge < -0.3 is 15.4 Å². The molecule has 0 spiro atoms. The molecule has 1 aromatic heterocycles. The van der Waals surface area contributed by atoms with Crippen molar-refractivity contribution in [3.05, 3.63) is 23.7 Å². The van der Waals surface area contributed by atoms with Crippen LogP contribution in [-0.4, -0.2) is 40.7 Å². The van der Waals surface area contributed by atoms with E-state index in [1.54, 1.807) is 6.20 Å². The quantitative estimate of drug-likeness (QED) is 0.898. The molecule has 0 aromatic carbocycles. The highest BCUT2D eigenvalue weighted by Gasteiger charge is 2.24. The number of aromatic amines is 1. The van der Waals surface area contributed by atoms with E-state index in [-0.39, 0.29) is 5.90 Å². The molecule has 1 fully saturated rings. The summed E-state index contributed by atoms with van der Waals surface area (Å²) < 4.78 is 28.6. The summed E-state index contributed by atoms with van der Waals surface area (Å²) in [6.07, 6.45) is 4.77. The number of halogens is 2. The second-order valence-corrected chi connectivity index (χ2v) is 5.53. The van der Waals surface area contributed by atoms with Gasteiger partial charge in [-0.15, -0.1) is 0 Å². The standard InChI is InChI=1S/C14H19F2N5O/c15-14(16)22-13-2-1-10(8-18-13)21-5-3-9(4-6-21)11-7-12(17)20-19-11/h7-9,14H,1-6H2,(H3,17,19,20). The Kier molecular flexibility index (Phi) is 4.26. The summed E-state index contributed by atoms with van der Waals surface area (Å²) in [4.78, 5) is 6.25. The maximum absolute atomic E-state index is 12.1. The highest BCUT2D eigenvalue weighted by atomic mass is 19.3. The minimum absolute atomic E-state index is 0.113. The van der Waals surface area contributed by atoms with Crippen LogP contribution in [0.3, 0.4) is 0 Å². The molecule has 120 valence electrons. The number of nitrogens with zero attached hydrogens (tertiary/aromatic N) is 3. The lowest BCUT2D eigenvalue weighted by Crippen LogP contribution is -2.33. The van der Waals surface area contributed by atoms with E-state index in [9.17, 15) is 8.78 Å². The Labute approximate surface area is 127 Å². The first-order chi connectivity index (χ1) is 10.6. The second-order valence-electron chi connectivity index (χ2n) is 5.53. The number of H-pyrrole nitrogens is 1. The fourth-order valence-electron chi connectivity index (χ4n) is 2.98. The first-order valence-corrected chi connectivity index (χ1v) is 7.38. The van der Waals surface area contributed by atoms with E-state index in [0.717, 1.165) is 37.3 Å². The van der Waals surface area contributed by atoms with E-state index in [1.807, 2.05) is 6.07 Å². The van der Waals surface area contributed by atoms with Crippen molar-refractivity contribution >= 4 is 11.7 Å². The van der Waals surface area contributed by atoms with Gasteiger partial charge in [-0.3, -0.25) is 5.10 Å². The Morgan fingerprint density at radius 2 is 2.09 bits per heavy atom. The molecule has 3 heterocycles. The average Bonchev–Trinajstić information content (AvgIpc) is 2.94. The lowest BCUT2D eigenvalue weighted by Gasteiger charge is -2.35. The second kappa shape index (κ2) is 6.33. The maximum atomic E-state index is 12.1. The smallest absolute Gasteiger partial charge is 0.388 e. The number of nitrogen functional groups attached to an aromatic ring is 1. The Hall–Kier alpha value is -2.12. The molecule has 0 bridgehead atoms. The number of piperidine rings is 1. The van der Waals surface area contributed by atoms with Gasteiger partial charge in [0.25, 0.3) is 0 Å². The molecule has 3 rings (SSSR count). The minimum atomic E-state index is -2.80. The van der Waals surface area contributed by atoms with Crippen LogP contribution in [-0.2, 0) is 4.74 Å². The summed E-state index contributed by atoms with van der Waals surface area (Å²) in [6.45, 7) is -0.974. The van der Waals surface area contributed by atoms with Crippen molar-refractivity contribution in [2.24, 2.45) is 4.99 Å². The van der Waals surface area contributed by atoms with Crippen molar-refractivity contribution in [1.29, 1.82) is 0 Å². The molecular weight excluding hydrogens is 292 g/mol. The number of hydrogen-bond acceptors (Lipinski definition) is 5. The minimum Gasteiger partial charge on any atom is -0.421 e. The van der Waals surface area contributed by atoms with E-state index >= 15 is 0 Å². The number of rotatable bonds is 3. The van der Waals surface area contributed by atoms with Gasteiger partial charge in [0.15, 0.2) is 5.90 Å². The molecule has 1 saturated heterocycles. The lowest BCUT2D eigenvalue weighted by molar-refractivity contribution is -0.0623. The summed E-state index contributed by atoms with van der Waals surface area (Å²) in [5, 5.41) is 6.94. The Morgan fingerprint density at radius 1 is 1.32 bits per heavy atom. The molecule has 0 amide bonds. The molecule has 8 heteroatoms. The van der Waals surface area contributed by atoms with Crippen molar-refractivity contribution in [2.45, 2.75) is 38.2 Å². The van der Waals surface area contributed by atoms with Gasteiger partial charge in [-0.2, -0.15) is 13.9 Å². The van der Waals surface area contributed by atoms with Crippen molar-refractivity contribution in [2.75, 3.05) is 18.8 Å². The Balaban J connectivity index is 1.56. The van der Waals surface area contributed by atoms with E-state index in [1.165, 1.54) is 0 Å². The van der Waals surface area contributed by atoms with E-state index in [0.29, 0.717) is 24.6 Å². The predicted molar refractivity (Wildman–Crippen MR) is 78.4 cm³/mol.